The molecule has 21 heavy (non-hydrogen) atoms. The molecule has 3 rings (SSSR count). The Kier molecular flexibility index (Phi) is 4.02. The van der Waals surface area contributed by atoms with E-state index >= 15 is 0 Å². The van der Waals surface area contributed by atoms with Gasteiger partial charge in [-0.05, 0) is 41.7 Å². The van der Waals surface area contributed by atoms with Gasteiger partial charge in [-0.15, -0.1) is 0 Å². The highest BCUT2D eigenvalue weighted by atomic mass is 16.2. The smallest absolute Gasteiger partial charge is 0.265 e. The van der Waals surface area contributed by atoms with Crippen LogP contribution in [0.25, 0.3) is 0 Å². The highest BCUT2D eigenvalue weighted by molar-refractivity contribution is 5.93. The van der Waals surface area contributed by atoms with Crippen molar-refractivity contribution >= 4 is 5.91 Å². The molecule has 0 aliphatic carbocycles. The largest absolute Gasteiger partial charge is 0.284 e. The minimum absolute atomic E-state index is 0.0305. The molecule has 0 fully saturated rings. The molecule has 0 saturated heterocycles. The van der Waals surface area contributed by atoms with Crippen LogP contribution in [0.4, 0.5) is 0 Å². The third kappa shape index (κ3) is 3.14. The summed E-state index contributed by atoms with van der Waals surface area (Å²) >= 11 is 0. The summed E-state index contributed by atoms with van der Waals surface area (Å²) in [6.07, 6.45) is 1.97. The van der Waals surface area contributed by atoms with Crippen LogP contribution in [0.5, 0.6) is 0 Å². The van der Waals surface area contributed by atoms with Crippen molar-refractivity contribution < 1.29 is 4.79 Å². The summed E-state index contributed by atoms with van der Waals surface area (Å²) in [5.41, 5.74) is 7.65. The molecule has 0 aromatic heterocycles. The molecule has 0 unspecified atom stereocenters. The average molecular weight is 280 g/mol. The molecule has 1 heterocycles. The van der Waals surface area contributed by atoms with E-state index in [1.165, 1.54) is 16.7 Å². The van der Waals surface area contributed by atoms with Crippen LogP contribution in [0.15, 0.2) is 48.5 Å². The summed E-state index contributed by atoms with van der Waals surface area (Å²) < 4.78 is 0. The lowest BCUT2D eigenvalue weighted by Gasteiger charge is -2.28. The first kappa shape index (κ1) is 13.8. The van der Waals surface area contributed by atoms with Gasteiger partial charge in [-0.1, -0.05) is 43.3 Å². The molecule has 1 aliphatic rings. The Morgan fingerprint density at radius 3 is 2.52 bits per heavy atom. The maximum Gasteiger partial charge on any atom is 0.265 e. The van der Waals surface area contributed by atoms with E-state index in [2.05, 4.69) is 30.5 Å². The van der Waals surface area contributed by atoms with Gasteiger partial charge in [-0.3, -0.25) is 10.2 Å². The van der Waals surface area contributed by atoms with Gasteiger partial charge in [-0.25, -0.2) is 5.01 Å². The fourth-order valence-electron chi connectivity index (χ4n) is 2.69. The molecule has 1 aliphatic heterocycles. The molecule has 1 N–H and O–H groups in total. The van der Waals surface area contributed by atoms with Crippen LogP contribution in [0.2, 0.25) is 0 Å². The van der Waals surface area contributed by atoms with Crippen LogP contribution in [0, 0.1) is 0 Å². The van der Waals surface area contributed by atoms with Gasteiger partial charge in [0.05, 0.1) is 0 Å². The number of rotatable bonds is 3. The van der Waals surface area contributed by atoms with Crippen molar-refractivity contribution in [3.63, 3.8) is 0 Å². The van der Waals surface area contributed by atoms with Crippen molar-refractivity contribution in [3.8, 4) is 0 Å². The van der Waals surface area contributed by atoms with Crippen LogP contribution in [0.3, 0.4) is 0 Å². The molecule has 1 amide bonds. The van der Waals surface area contributed by atoms with Gasteiger partial charge < -0.3 is 0 Å². The van der Waals surface area contributed by atoms with E-state index < -0.39 is 0 Å². The van der Waals surface area contributed by atoms with Gasteiger partial charge in [0, 0.05) is 18.7 Å². The molecule has 3 heteroatoms. The lowest BCUT2D eigenvalue weighted by atomic mass is 10.0. The zero-order valence-corrected chi connectivity index (χ0v) is 12.3. The van der Waals surface area contributed by atoms with Gasteiger partial charge in [0.2, 0.25) is 0 Å². The second kappa shape index (κ2) is 6.10. The van der Waals surface area contributed by atoms with Crippen molar-refractivity contribution in [1.29, 1.82) is 0 Å². The van der Waals surface area contributed by atoms with E-state index in [4.69, 9.17) is 0 Å². The van der Waals surface area contributed by atoms with Crippen LogP contribution in [0.1, 0.15) is 34.0 Å². The van der Waals surface area contributed by atoms with Gasteiger partial charge >= 0.3 is 0 Å². The summed E-state index contributed by atoms with van der Waals surface area (Å²) in [7, 11) is 0. The quantitative estimate of drug-likeness (QED) is 0.937. The Bertz CT molecular complexity index is 634. The number of benzene rings is 2. The Hall–Kier alpha value is -2.13. The minimum atomic E-state index is -0.0305. The summed E-state index contributed by atoms with van der Waals surface area (Å²) in [4.78, 5) is 12.3. The maximum atomic E-state index is 12.3. The molecule has 0 spiro atoms. The zero-order valence-electron chi connectivity index (χ0n) is 12.3. The first-order chi connectivity index (χ1) is 10.3. The number of nitrogens with one attached hydrogen (secondary N) is 1. The fourth-order valence-corrected chi connectivity index (χ4v) is 2.69. The normalized spacial score (nSPS) is 14.5. The van der Waals surface area contributed by atoms with Crippen molar-refractivity contribution in [2.24, 2.45) is 0 Å². The van der Waals surface area contributed by atoms with E-state index in [0.717, 1.165) is 25.9 Å². The van der Waals surface area contributed by atoms with E-state index in [1.807, 2.05) is 35.3 Å². The van der Waals surface area contributed by atoms with Gasteiger partial charge in [-0.2, -0.15) is 0 Å². The van der Waals surface area contributed by atoms with Crippen molar-refractivity contribution in [3.05, 3.63) is 70.8 Å². The molecule has 0 saturated carbocycles. The van der Waals surface area contributed by atoms with E-state index in [-0.39, 0.29) is 5.91 Å². The summed E-state index contributed by atoms with van der Waals surface area (Å²) in [5.74, 6) is -0.0305. The second-order valence-corrected chi connectivity index (χ2v) is 5.43. The highest BCUT2D eigenvalue weighted by Crippen LogP contribution is 2.17. The summed E-state index contributed by atoms with van der Waals surface area (Å²) in [5, 5.41) is 2.00. The lowest BCUT2D eigenvalue weighted by molar-refractivity contribution is 0.0764. The fraction of sp³-hybridized carbons (Fsp3) is 0.278. The zero-order chi connectivity index (χ0) is 14.7. The van der Waals surface area contributed by atoms with Crippen LogP contribution in [-0.2, 0) is 19.4 Å². The Morgan fingerprint density at radius 1 is 1.10 bits per heavy atom. The maximum absolute atomic E-state index is 12.3. The Labute approximate surface area is 125 Å². The molecule has 3 nitrogen and oxygen atoms in total. The molecular weight excluding hydrogens is 260 g/mol. The molecule has 2 aromatic rings. The van der Waals surface area contributed by atoms with Gasteiger partial charge in [0.1, 0.15) is 0 Å². The van der Waals surface area contributed by atoms with Crippen molar-refractivity contribution in [2.45, 2.75) is 26.3 Å². The van der Waals surface area contributed by atoms with E-state index in [1.54, 1.807) is 0 Å². The van der Waals surface area contributed by atoms with Crippen LogP contribution in [-0.4, -0.2) is 17.5 Å². The topological polar surface area (TPSA) is 32.3 Å². The predicted octanol–water partition coefficient (Wildman–Crippen LogP) is 2.95. The molecule has 0 radical (unpaired) electrons. The molecule has 2 aromatic carbocycles. The second-order valence-electron chi connectivity index (χ2n) is 5.43. The molecule has 0 atom stereocenters. The first-order valence-corrected chi connectivity index (χ1v) is 7.48. The summed E-state index contributed by atoms with van der Waals surface area (Å²) in [6, 6.07) is 16.2. The number of aryl methyl sites for hydroxylation is 1. The number of carbonyl (C=O) groups excluding carboxylic acids is 1. The minimum Gasteiger partial charge on any atom is -0.284 e. The SMILES string of the molecule is CCc1ccc(C(=O)NN2CCc3ccccc3C2)cc1. The van der Waals surface area contributed by atoms with Crippen LogP contribution >= 0.6 is 0 Å². The number of hydrogen-bond acceptors (Lipinski definition) is 2. The van der Waals surface area contributed by atoms with Crippen molar-refractivity contribution in [2.75, 3.05) is 6.54 Å². The molecule has 108 valence electrons. The van der Waals surface area contributed by atoms with E-state index in [9.17, 15) is 4.79 Å². The number of amides is 1. The standard InChI is InChI=1S/C18H20N2O/c1-2-14-7-9-16(10-8-14)18(21)19-20-12-11-15-5-3-4-6-17(15)13-20/h3-10H,2,11-13H2,1H3,(H,19,21). The summed E-state index contributed by atoms with van der Waals surface area (Å²) in [6.45, 7) is 3.74. The number of nitrogens with zero attached hydrogens (tertiary/aromatic N) is 1. The monoisotopic (exact) mass is 280 g/mol. The third-order valence-electron chi connectivity index (χ3n) is 4.01. The Balaban J connectivity index is 1.65. The number of fused-ring (bicyclic) bond motifs is 1. The molecular formula is C18H20N2O. The average Bonchev–Trinajstić information content (AvgIpc) is 2.55. The lowest BCUT2D eigenvalue weighted by Crippen LogP contribution is -2.44. The Morgan fingerprint density at radius 2 is 1.81 bits per heavy atom. The third-order valence-corrected chi connectivity index (χ3v) is 4.01. The number of hydrogen-bond donors (Lipinski definition) is 1. The number of carbonyl (C=O) groups is 1. The number of hydrazine groups is 1. The van der Waals surface area contributed by atoms with Crippen molar-refractivity contribution in [1.82, 2.24) is 10.4 Å². The van der Waals surface area contributed by atoms with Gasteiger partial charge in [0.25, 0.3) is 5.91 Å². The van der Waals surface area contributed by atoms with E-state index in [0.29, 0.717) is 5.56 Å². The predicted molar refractivity (Wildman–Crippen MR) is 83.8 cm³/mol. The van der Waals surface area contributed by atoms with Crippen LogP contribution < -0.4 is 5.43 Å². The first-order valence-electron chi connectivity index (χ1n) is 7.48. The van der Waals surface area contributed by atoms with Gasteiger partial charge in [0.15, 0.2) is 0 Å². The molecule has 0 bridgehead atoms. The highest BCUT2D eigenvalue weighted by Gasteiger charge is 2.17.